The van der Waals surface area contributed by atoms with Crippen LogP contribution >= 0.6 is 11.6 Å². The van der Waals surface area contributed by atoms with E-state index in [1.54, 1.807) is 19.9 Å². The first-order valence-electron chi connectivity index (χ1n) is 8.62. The molecule has 3 N–H and O–H groups in total. The number of hydrogen-bond acceptors (Lipinski definition) is 3. The highest BCUT2D eigenvalue weighted by Gasteiger charge is 2.23. The number of carbonyl (C=O) groups excluding carboxylic acids is 1. The Labute approximate surface area is 153 Å². The first-order valence-corrected chi connectivity index (χ1v) is 9.00. The predicted octanol–water partition coefficient (Wildman–Crippen LogP) is 4.10. The molecule has 1 aromatic carbocycles. The topological polar surface area (TPSA) is 81.7 Å². The fourth-order valence-corrected chi connectivity index (χ4v) is 3.13. The number of carboxylic acids is 1. The highest BCUT2D eigenvalue weighted by atomic mass is 35.5. The number of halogens is 1. The van der Waals surface area contributed by atoms with E-state index in [-0.39, 0.29) is 12.5 Å². The maximum atomic E-state index is 12.4. The molecule has 1 aliphatic rings. The van der Waals surface area contributed by atoms with Crippen molar-refractivity contribution >= 4 is 35.0 Å². The van der Waals surface area contributed by atoms with E-state index in [0.717, 1.165) is 31.6 Å². The molecule has 0 unspecified atom stereocenters. The largest absolute Gasteiger partial charge is 0.481 e. The van der Waals surface area contributed by atoms with Gasteiger partial charge in [0.1, 0.15) is 0 Å². The van der Waals surface area contributed by atoms with Crippen molar-refractivity contribution in [2.24, 2.45) is 0 Å². The molecule has 0 aromatic heterocycles. The minimum absolute atomic E-state index is 0.00345. The Morgan fingerprint density at radius 2 is 1.92 bits per heavy atom. The number of anilines is 2. The third kappa shape index (κ3) is 6.12. The van der Waals surface area contributed by atoms with Crippen molar-refractivity contribution in [1.82, 2.24) is 5.32 Å². The summed E-state index contributed by atoms with van der Waals surface area (Å²) in [4.78, 5) is 25.4. The minimum Gasteiger partial charge on any atom is -0.481 e. The number of carbonyl (C=O) groups is 2. The average molecular weight is 368 g/mol. The predicted molar refractivity (Wildman–Crippen MR) is 101 cm³/mol. The molecule has 138 valence electrons. The van der Waals surface area contributed by atoms with Crippen molar-refractivity contribution in [1.29, 1.82) is 0 Å². The van der Waals surface area contributed by atoms with E-state index in [2.05, 4.69) is 15.5 Å². The lowest BCUT2D eigenvalue weighted by molar-refractivity contribution is -0.137. The molecule has 2 amide bonds. The number of nitrogens with zero attached hydrogens (tertiary/aromatic N) is 1. The van der Waals surface area contributed by atoms with Gasteiger partial charge in [0.25, 0.3) is 0 Å². The summed E-state index contributed by atoms with van der Waals surface area (Å²) in [5.74, 6) is -0.877. The summed E-state index contributed by atoms with van der Waals surface area (Å²) < 4.78 is 0. The molecule has 6 nitrogen and oxygen atoms in total. The van der Waals surface area contributed by atoms with Crippen LogP contribution in [0.4, 0.5) is 16.2 Å². The SMILES string of the molecule is CC(C)(CCC(=O)O)NC(=O)Nc1cc(Cl)ccc1N1CCCCC1. The highest BCUT2D eigenvalue weighted by molar-refractivity contribution is 6.31. The van der Waals surface area contributed by atoms with E-state index < -0.39 is 11.5 Å². The van der Waals surface area contributed by atoms with Gasteiger partial charge in [-0.2, -0.15) is 0 Å². The second-order valence-corrected chi connectivity index (χ2v) is 7.50. The van der Waals surface area contributed by atoms with E-state index in [1.165, 1.54) is 6.42 Å². The third-order valence-corrected chi connectivity index (χ3v) is 4.55. The summed E-state index contributed by atoms with van der Waals surface area (Å²) in [6, 6.07) is 5.13. The zero-order valence-corrected chi connectivity index (χ0v) is 15.5. The van der Waals surface area contributed by atoms with E-state index in [0.29, 0.717) is 17.1 Å². The maximum Gasteiger partial charge on any atom is 0.319 e. The number of carboxylic acid groups (broad SMARTS) is 1. The molecule has 1 heterocycles. The summed E-state index contributed by atoms with van der Waals surface area (Å²) in [6.07, 6.45) is 3.85. The van der Waals surface area contributed by atoms with Gasteiger partial charge < -0.3 is 20.6 Å². The Morgan fingerprint density at radius 3 is 2.56 bits per heavy atom. The van der Waals surface area contributed by atoms with E-state index in [1.807, 2.05) is 12.1 Å². The summed E-state index contributed by atoms with van der Waals surface area (Å²) in [5.41, 5.74) is 1.01. The Kier molecular flexibility index (Phi) is 6.53. The zero-order valence-electron chi connectivity index (χ0n) is 14.8. The van der Waals surface area contributed by atoms with Gasteiger partial charge >= 0.3 is 12.0 Å². The molecule has 0 spiro atoms. The fraction of sp³-hybridized carbons (Fsp3) is 0.556. The molecule has 0 bridgehead atoms. The summed E-state index contributed by atoms with van der Waals surface area (Å²) in [7, 11) is 0. The zero-order chi connectivity index (χ0) is 18.4. The molecule has 2 rings (SSSR count). The van der Waals surface area contributed by atoms with Gasteiger partial charge in [0.2, 0.25) is 0 Å². The normalized spacial score (nSPS) is 14.9. The van der Waals surface area contributed by atoms with Gasteiger partial charge in [0, 0.05) is 30.1 Å². The first-order chi connectivity index (χ1) is 11.8. The first kappa shape index (κ1) is 19.4. The smallest absolute Gasteiger partial charge is 0.319 e. The Bertz CT molecular complexity index is 628. The van der Waals surface area contributed by atoms with Crippen LogP contribution in [-0.4, -0.2) is 35.7 Å². The number of piperidine rings is 1. The number of rotatable bonds is 6. The van der Waals surface area contributed by atoms with Crippen LogP contribution in [0.3, 0.4) is 0 Å². The van der Waals surface area contributed by atoms with Crippen LogP contribution in [0.5, 0.6) is 0 Å². The monoisotopic (exact) mass is 367 g/mol. The van der Waals surface area contributed by atoms with Crippen molar-refractivity contribution in [3.05, 3.63) is 23.2 Å². The number of urea groups is 1. The van der Waals surface area contributed by atoms with Crippen LogP contribution in [0.15, 0.2) is 18.2 Å². The maximum absolute atomic E-state index is 12.4. The van der Waals surface area contributed by atoms with Crippen molar-refractivity contribution < 1.29 is 14.7 Å². The highest BCUT2D eigenvalue weighted by Crippen LogP contribution is 2.31. The number of amides is 2. The standard InChI is InChI=1S/C18H26ClN3O3/c1-18(2,9-8-16(23)24)21-17(25)20-14-12-13(19)6-7-15(14)22-10-4-3-5-11-22/h6-7,12H,3-5,8-11H2,1-2H3,(H,23,24)(H2,20,21,25). The van der Waals surface area contributed by atoms with Gasteiger partial charge in [-0.1, -0.05) is 11.6 Å². The molecule has 1 saturated heterocycles. The van der Waals surface area contributed by atoms with Gasteiger partial charge in [0.05, 0.1) is 11.4 Å². The lowest BCUT2D eigenvalue weighted by atomic mass is 9.99. The second-order valence-electron chi connectivity index (χ2n) is 7.07. The molecular weight excluding hydrogens is 342 g/mol. The van der Waals surface area contributed by atoms with E-state index in [9.17, 15) is 9.59 Å². The number of benzene rings is 1. The molecule has 7 heteroatoms. The van der Waals surface area contributed by atoms with Gasteiger partial charge in [-0.25, -0.2) is 4.79 Å². The van der Waals surface area contributed by atoms with Crippen LogP contribution in [0.2, 0.25) is 5.02 Å². The van der Waals surface area contributed by atoms with Crippen molar-refractivity contribution in [2.45, 2.75) is 51.5 Å². The van der Waals surface area contributed by atoms with Gasteiger partial charge in [-0.05, 0) is 57.7 Å². The Morgan fingerprint density at radius 1 is 1.24 bits per heavy atom. The molecule has 0 aliphatic carbocycles. The van der Waals surface area contributed by atoms with E-state index in [4.69, 9.17) is 16.7 Å². The van der Waals surface area contributed by atoms with Gasteiger partial charge in [-0.15, -0.1) is 0 Å². The van der Waals surface area contributed by atoms with E-state index >= 15 is 0 Å². The van der Waals surface area contributed by atoms with Crippen LogP contribution in [0, 0.1) is 0 Å². The van der Waals surface area contributed by atoms with Crippen molar-refractivity contribution in [2.75, 3.05) is 23.3 Å². The van der Waals surface area contributed by atoms with Gasteiger partial charge in [0.15, 0.2) is 0 Å². The van der Waals surface area contributed by atoms with Gasteiger partial charge in [-0.3, -0.25) is 4.79 Å². The molecule has 0 saturated carbocycles. The molecule has 0 radical (unpaired) electrons. The van der Waals surface area contributed by atoms with Crippen LogP contribution in [0.25, 0.3) is 0 Å². The summed E-state index contributed by atoms with van der Waals surface area (Å²) in [5, 5.41) is 15.1. The summed E-state index contributed by atoms with van der Waals surface area (Å²) in [6.45, 7) is 5.53. The number of aliphatic carboxylic acids is 1. The summed E-state index contributed by atoms with van der Waals surface area (Å²) >= 11 is 6.10. The van der Waals surface area contributed by atoms with Crippen LogP contribution < -0.4 is 15.5 Å². The molecular formula is C18H26ClN3O3. The second kappa shape index (κ2) is 8.43. The lowest BCUT2D eigenvalue weighted by Crippen LogP contribution is -2.46. The number of hydrogen-bond donors (Lipinski definition) is 3. The molecule has 0 atom stereocenters. The van der Waals surface area contributed by atoms with Crippen molar-refractivity contribution in [3.63, 3.8) is 0 Å². The Balaban J connectivity index is 2.06. The third-order valence-electron chi connectivity index (χ3n) is 4.32. The molecule has 1 fully saturated rings. The van der Waals surface area contributed by atoms with Crippen LogP contribution in [-0.2, 0) is 4.79 Å². The average Bonchev–Trinajstić information content (AvgIpc) is 2.53. The fourth-order valence-electron chi connectivity index (χ4n) is 2.96. The van der Waals surface area contributed by atoms with Crippen LogP contribution in [0.1, 0.15) is 46.0 Å². The lowest BCUT2D eigenvalue weighted by Gasteiger charge is -2.31. The molecule has 1 aliphatic heterocycles. The number of nitrogens with one attached hydrogen (secondary N) is 2. The molecule has 25 heavy (non-hydrogen) atoms. The minimum atomic E-state index is -0.877. The Hall–Kier alpha value is -1.95. The quantitative estimate of drug-likeness (QED) is 0.707. The molecule has 1 aromatic rings. The van der Waals surface area contributed by atoms with Crippen molar-refractivity contribution in [3.8, 4) is 0 Å².